The molecule has 1 aromatic carbocycles. The first-order valence-corrected chi connectivity index (χ1v) is 9.07. The van der Waals surface area contributed by atoms with Crippen LogP contribution >= 0.6 is 11.6 Å². The number of methoxy groups -OCH3 is 1. The highest BCUT2D eigenvalue weighted by Crippen LogP contribution is 2.28. The number of amides is 2. The van der Waals surface area contributed by atoms with Crippen molar-refractivity contribution >= 4 is 29.1 Å². The van der Waals surface area contributed by atoms with Gasteiger partial charge in [-0.15, -0.1) is 0 Å². The van der Waals surface area contributed by atoms with Gasteiger partial charge < -0.3 is 21.1 Å². The number of rotatable bonds is 7. The van der Waals surface area contributed by atoms with Crippen LogP contribution < -0.4 is 21.1 Å². The van der Waals surface area contributed by atoms with Crippen LogP contribution in [0.4, 0.5) is 5.69 Å². The lowest BCUT2D eigenvalue weighted by Gasteiger charge is -2.20. The molecule has 0 aliphatic heterocycles. The van der Waals surface area contributed by atoms with Crippen molar-refractivity contribution in [2.75, 3.05) is 25.9 Å². The SMILES string of the molecule is COc1cc(N)c(Cl)cc1C(=O)NCCNC(=O)CC1CCCCC1. The van der Waals surface area contributed by atoms with Gasteiger partial charge >= 0.3 is 0 Å². The molecule has 1 aliphatic rings. The number of carbonyl (C=O) groups is 2. The number of anilines is 1. The van der Waals surface area contributed by atoms with Gasteiger partial charge in [0.15, 0.2) is 0 Å². The molecule has 1 aliphatic carbocycles. The Morgan fingerprint density at radius 1 is 1.20 bits per heavy atom. The Morgan fingerprint density at radius 3 is 2.56 bits per heavy atom. The third kappa shape index (κ3) is 5.81. The normalized spacial score (nSPS) is 14.8. The Balaban J connectivity index is 1.75. The lowest BCUT2D eigenvalue weighted by molar-refractivity contribution is -0.122. The van der Waals surface area contributed by atoms with Crippen molar-refractivity contribution in [3.63, 3.8) is 0 Å². The van der Waals surface area contributed by atoms with Crippen molar-refractivity contribution < 1.29 is 14.3 Å². The maximum Gasteiger partial charge on any atom is 0.255 e. The summed E-state index contributed by atoms with van der Waals surface area (Å²) in [4.78, 5) is 24.2. The van der Waals surface area contributed by atoms with Gasteiger partial charge in [-0.05, 0) is 24.8 Å². The zero-order valence-corrected chi connectivity index (χ0v) is 15.3. The number of nitrogen functional groups attached to an aromatic ring is 1. The quantitative estimate of drug-likeness (QED) is 0.510. The maximum absolute atomic E-state index is 12.2. The van der Waals surface area contributed by atoms with Crippen molar-refractivity contribution in [2.24, 2.45) is 5.92 Å². The smallest absolute Gasteiger partial charge is 0.255 e. The Labute approximate surface area is 153 Å². The summed E-state index contributed by atoms with van der Waals surface area (Å²) in [6.45, 7) is 0.725. The number of benzene rings is 1. The number of carbonyl (C=O) groups excluding carboxylic acids is 2. The fraction of sp³-hybridized carbons (Fsp3) is 0.556. The van der Waals surface area contributed by atoms with Crippen LogP contribution in [0, 0.1) is 5.92 Å². The summed E-state index contributed by atoms with van der Waals surface area (Å²) in [6.07, 6.45) is 6.59. The summed E-state index contributed by atoms with van der Waals surface area (Å²) in [5.74, 6) is 0.597. The van der Waals surface area contributed by atoms with Crippen molar-refractivity contribution in [1.29, 1.82) is 0 Å². The fourth-order valence-corrected chi connectivity index (χ4v) is 3.28. The van der Waals surface area contributed by atoms with Crippen molar-refractivity contribution in [3.05, 3.63) is 22.7 Å². The van der Waals surface area contributed by atoms with E-state index in [1.54, 1.807) is 0 Å². The molecule has 0 radical (unpaired) electrons. The maximum atomic E-state index is 12.2. The lowest BCUT2D eigenvalue weighted by atomic mass is 9.87. The first-order chi connectivity index (χ1) is 12.0. The molecule has 1 saturated carbocycles. The van der Waals surface area contributed by atoms with Crippen LogP contribution in [0.2, 0.25) is 5.02 Å². The summed E-state index contributed by atoms with van der Waals surface area (Å²) >= 11 is 5.96. The molecule has 1 fully saturated rings. The molecular weight excluding hydrogens is 342 g/mol. The minimum atomic E-state index is -0.319. The first kappa shape index (κ1) is 19.4. The zero-order chi connectivity index (χ0) is 18.2. The predicted octanol–water partition coefficient (Wildman–Crippen LogP) is 2.75. The highest BCUT2D eigenvalue weighted by molar-refractivity contribution is 6.33. The van der Waals surface area contributed by atoms with E-state index in [1.165, 1.54) is 38.5 Å². The molecule has 2 amide bonds. The molecule has 4 N–H and O–H groups in total. The van der Waals surface area contributed by atoms with Crippen molar-refractivity contribution in [3.8, 4) is 5.75 Å². The second-order valence-electron chi connectivity index (χ2n) is 6.39. The van der Waals surface area contributed by atoms with Gasteiger partial charge in [-0.2, -0.15) is 0 Å². The van der Waals surface area contributed by atoms with Crippen LogP contribution in [0.3, 0.4) is 0 Å². The molecule has 25 heavy (non-hydrogen) atoms. The summed E-state index contributed by atoms with van der Waals surface area (Å²) < 4.78 is 5.16. The van der Waals surface area contributed by atoms with E-state index in [2.05, 4.69) is 10.6 Å². The van der Waals surface area contributed by atoms with E-state index in [4.69, 9.17) is 22.1 Å². The first-order valence-electron chi connectivity index (χ1n) is 8.69. The molecule has 7 heteroatoms. The number of hydrogen-bond acceptors (Lipinski definition) is 4. The highest BCUT2D eigenvalue weighted by atomic mass is 35.5. The van der Waals surface area contributed by atoms with Crippen LogP contribution in [0.25, 0.3) is 0 Å². The monoisotopic (exact) mass is 367 g/mol. The highest BCUT2D eigenvalue weighted by Gasteiger charge is 2.17. The van der Waals surface area contributed by atoms with E-state index in [0.29, 0.717) is 47.5 Å². The summed E-state index contributed by atoms with van der Waals surface area (Å²) in [5.41, 5.74) is 6.37. The van der Waals surface area contributed by atoms with E-state index in [-0.39, 0.29) is 11.8 Å². The minimum Gasteiger partial charge on any atom is -0.496 e. The van der Waals surface area contributed by atoms with Gasteiger partial charge in [-0.25, -0.2) is 0 Å². The van der Waals surface area contributed by atoms with Gasteiger partial charge in [0.1, 0.15) is 5.75 Å². The van der Waals surface area contributed by atoms with E-state index < -0.39 is 0 Å². The van der Waals surface area contributed by atoms with E-state index in [9.17, 15) is 9.59 Å². The number of ether oxygens (including phenoxy) is 1. The molecule has 0 heterocycles. The Kier molecular flexibility index (Phi) is 7.37. The average Bonchev–Trinajstić information content (AvgIpc) is 2.61. The molecular formula is C18H26ClN3O3. The zero-order valence-electron chi connectivity index (χ0n) is 14.6. The summed E-state index contributed by atoms with van der Waals surface area (Å²) in [5, 5.41) is 5.90. The number of nitrogens with one attached hydrogen (secondary N) is 2. The van der Waals surface area contributed by atoms with Crippen LogP contribution in [-0.4, -0.2) is 32.0 Å². The van der Waals surface area contributed by atoms with E-state index in [0.717, 1.165) is 12.8 Å². The topological polar surface area (TPSA) is 93.4 Å². The lowest BCUT2D eigenvalue weighted by Crippen LogP contribution is -2.35. The number of halogens is 1. The molecule has 1 aromatic rings. The van der Waals surface area contributed by atoms with Crippen LogP contribution in [0.1, 0.15) is 48.9 Å². The number of hydrogen-bond donors (Lipinski definition) is 3. The van der Waals surface area contributed by atoms with E-state index in [1.807, 2.05) is 0 Å². The fourth-order valence-electron chi connectivity index (χ4n) is 3.11. The van der Waals surface area contributed by atoms with Gasteiger partial charge in [0.25, 0.3) is 5.91 Å². The second-order valence-corrected chi connectivity index (χ2v) is 6.80. The largest absolute Gasteiger partial charge is 0.496 e. The van der Waals surface area contributed by atoms with E-state index >= 15 is 0 Å². The van der Waals surface area contributed by atoms with Gasteiger partial charge in [0.2, 0.25) is 5.91 Å². The molecule has 2 rings (SSSR count). The molecule has 0 saturated heterocycles. The standard InChI is InChI=1S/C18H26ClN3O3/c1-25-16-11-15(20)14(19)10-13(16)18(24)22-8-7-21-17(23)9-12-5-3-2-4-6-12/h10-12H,2-9,20H2,1H3,(H,21,23)(H,22,24). The average molecular weight is 368 g/mol. The Morgan fingerprint density at radius 2 is 1.88 bits per heavy atom. The van der Waals surface area contributed by atoms with Crippen molar-refractivity contribution in [1.82, 2.24) is 10.6 Å². The third-order valence-electron chi connectivity index (χ3n) is 4.49. The predicted molar refractivity (Wildman–Crippen MR) is 99.0 cm³/mol. The molecule has 0 bridgehead atoms. The van der Waals surface area contributed by atoms with Gasteiger partial charge in [-0.1, -0.05) is 30.9 Å². The molecule has 0 atom stereocenters. The minimum absolute atomic E-state index is 0.0502. The molecule has 138 valence electrons. The second kappa shape index (κ2) is 9.51. The molecule has 0 unspecified atom stereocenters. The third-order valence-corrected chi connectivity index (χ3v) is 4.82. The Bertz CT molecular complexity index is 616. The molecule has 6 nitrogen and oxygen atoms in total. The van der Waals surface area contributed by atoms with Gasteiger partial charge in [-0.3, -0.25) is 9.59 Å². The molecule has 0 spiro atoms. The van der Waals surface area contributed by atoms with Gasteiger partial charge in [0, 0.05) is 25.6 Å². The van der Waals surface area contributed by atoms with Crippen LogP contribution in [0.5, 0.6) is 5.75 Å². The molecule has 0 aromatic heterocycles. The summed E-state index contributed by atoms with van der Waals surface area (Å²) in [7, 11) is 1.46. The number of nitrogens with two attached hydrogens (primary N) is 1. The van der Waals surface area contributed by atoms with Gasteiger partial charge in [0.05, 0.1) is 23.4 Å². The Hall–Kier alpha value is -1.95. The van der Waals surface area contributed by atoms with Crippen molar-refractivity contribution in [2.45, 2.75) is 38.5 Å². The summed E-state index contributed by atoms with van der Waals surface area (Å²) in [6, 6.07) is 3.00. The van der Waals surface area contributed by atoms with Crippen LogP contribution in [0.15, 0.2) is 12.1 Å². The van der Waals surface area contributed by atoms with Crippen LogP contribution in [-0.2, 0) is 4.79 Å².